The molecule has 0 amide bonds. The molecule has 0 aromatic carbocycles. The van der Waals surface area contributed by atoms with E-state index in [1.165, 1.54) is 0 Å². The van der Waals surface area contributed by atoms with Crippen LogP contribution in [0.15, 0.2) is 6.07 Å². The Kier molecular flexibility index (Phi) is 4.29. The van der Waals surface area contributed by atoms with E-state index in [0.717, 1.165) is 41.4 Å². The van der Waals surface area contributed by atoms with Gasteiger partial charge in [0, 0.05) is 36.5 Å². The number of fused-ring (bicyclic) bond motifs is 1. The maximum atomic E-state index is 10.4. The van der Waals surface area contributed by atoms with Gasteiger partial charge in [0.2, 0.25) is 0 Å². The van der Waals surface area contributed by atoms with E-state index in [4.69, 9.17) is 4.98 Å². The van der Waals surface area contributed by atoms with E-state index in [1.54, 1.807) is 0 Å². The summed E-state index contributed by atoms with van der Waals surface area (Å²) in [6, 6.07) is 2.50. The molecule has 0 spiro atoms. The molecule has 2 N–H and O–H groups in total. The summed E-state index contributed by atoms with van der Waals surface area (Å²) in [6.45, 7) is 12.0. The smallest absolute Gasteiger partial charge is 0.160 e. The largest absolute Gasteiger partial charge is 0.390 e. The molecule has 1 aliphatic rings. The second-order valence-corrected chi connectivity index (χ2v) is 6.80. The van der Waals surface area contributed by atoms with E-state index >= 15 is 0 Å². The molecule has 6 nitrogen and oxygen atoms in total. The molecule has 0 unspecified atom stereocenters. The quantitative estimate of drug-likeness (QED) is 0.900. The molecule has 23 heavy (non-hydrogen) atoms. The topological polar surface area (TPSA) is 65.7 Å². The van der Waals surface area contributed by atoms with Crippen LogP contribution < -0.4 is 5.32 Å². The van der Waals surface area contributed by atoms with Gasteiger partial charge < -0.3 is 10.4 Å². The minimum Gasteiger partial charge on any atom is -0.390 e. The first-order valence-electron chi connectivity index (χ1n) is 8.45. The Morgan fingerprint density at radius 1 is 1.35 bits per heavy atom. The molecule has 1 aliphatic heterocycles. The van der Waals surface area contributed by atoms with Gasteiger partial charge in [-0.1, -0.05) is 6.92 Å². The van der Waals surface area contributed by atoms with Gasteiger partial charge in [0.1, 0.15) is 5.82 Å². The lowest BCUT2D eigenvalue weighted by molar-refractivity contribution is 0.161. The zero-order valence-corrected chi connectivity index (χ0v) is 14.7. The fraction of sp³-hybridized carbons (Fsp3) is 0.647. The average Bonchev–Trinajstić information content (AvgIpc) is 3.01. The zero-order valence-electron chi connectivity index (χ0n) is 14.7. The van der Waals surface area contributed by atoms with Gasteiger partial charge in [-0.05, 0) is 34.1 Å². The predicted molar refractivity (Wildman–Crippen MR) is 92.0 cm³/mol. The third-order valence-corrected chi connectivity index (χ3v) is 4.85. The van der Waals surface area contributed by atoms with Gasteiger partial charge in [-0.3, -0.25) is 4.90 Å². The highest BCUT2D eigenvalue weighted by atomic mass is 16.3. The number of likely N-dealkylation sites (tertiary alicyclic amines) is 1. The van der Waals surface area contributed by atoms with Crippen LogP contribution in [0.4, 0.5) is 5.82 Å². The summed E-state index contributed by atoms with van der Waals surface area (Å²) in [4.78, 5) is 6.99. The minimum atomic E-state index is -0.372. The number of β-amino-alcohol motifs (C(OH)–C–C–N with tert-alkyl or cyclic N) is 1. The minimum absolute atomic E-state index is 0.0116. The first kappa shape index (κ1) is 16.2. The second-order valence-electron chi connectivity index (χ2n) is 6.80. The van der Waals surface area contributed by atoms with Crippen LogP contribution in [-0.2, 0) is 6.42 Å². The number of hydrogen-bond acceptors (Lipinski definition) is 5. The third-order valence-electron chi connectivity index (χ3n) is 4.85. The van der Waals surface area contributed by atoms with Gasteiger partial charge in [0.05, 0.1) is 17.8 Å². The predicted octanol–water partition coefficient (Wildman–Crippen LogP) is 1.77. The highest BCUT2D eigenvalue weighted by molar-refractivity contribution is 5.56. The van der Waals surface area contributed by atoms with Crippen LogP contribution >= 0.6 is 0 Å². The summed E-state index contributed by atoms with van der Waals surface area (Å²) in [5.74, 6) is 0.915. The van der Waals surface area contributed by atoms with Crippen LogP contribution in [0.5, 0.6) is 0 Å². The average molecular weight is 317 g/mol. The van der Waals surface area contributed by atoms with Crippen molar-refractivity contribution in [3.05, 3.63) is 23.0 Å². The SMILES string of the molecule is CCc1cc(N[C@@H]2CN(C(C)C)C[C@H]2O)n2nc(C)c(C)c2n1. The first-order chi connectivity index (χ1) is 10.9. The van der Waals surface area contributed by atoms with E-state index in [2.05, 4.69) is 43.0 Å². The van der Waals surface area contributed by atoms with Crippen molar-refractivity contribution in [1.82, 2.24) is 19.5 Å². The van der Waals surface area contributed by atoms with Crippen molar-refractivity contribution in [1.29, 1.82) is 0 Å². The number of aliphatic hydroxyl groups excluding tert-OH is 1. The van der Waals surface area contributed by atoms with Crippen molar-refractivity contribution in [2.45, 2.75) is 59.2 Å². The van der Waals surface area contributed by atoms with E-state index in [9.17, 15) is 5.11 Å². The summed E-state index contributed by atoms with van der Waals surface area (Å²) in [7, 11) is 0. The third kappa shape index (κ3) is 2.93. The lowest BCUT2D eigenvalue weighted by Gasteiger charge is -2.20. The van der Waals surface area contributed by atoms with Crippen LogP contribution in [0.2, 0.25) is 0 Å². The molecule has 0 radical (unpaired) electrons. The maximum absolute atomic E-state index is 10.4. The summed E-state index contributed by atoms with van der Waals surface area (Å²) in [5.41, 5.74) is 4.04. The Bertz CT molecular complexity index is 709. The summed E-state index contributed by atoms with van der Waals surface area (Å²) >= 11 is 0. The molecular formula is C17H27N5O. The van der Waals surface area contributed by atoms with Crippen molar-refractivity contribution in [3.63, 3.8) is 0 Å². The van der Waals surface area contributed by atoms with Crippen molar-refractivity contribution < 1.29 is 5.11 Å². The van der Waals surface area contributed by atoms with Crippen LogP contribution in [0, 0.1) is 13.8 Å². The molecule has 1 saturated heterocycles. The Morgan fingerprint density at radius 3 is 2.70 bits per heavy atom. The van der Waals surface area contributed by atoms with Gasteiger partial charge in [-0.2, -0.15) is 9.61 Å². The van der Waals surface area contributed by atoms with Crippen molar-refractivity contribution >= 4 is 11.5 Å². The lowest BCUT2D eigenvalue weighted by atomic mass is 10.2. The van der Waals surface area contributed by atoms with Crippen LogP contribution in [0.1, 0.15) is 37.7 Å². The highest BCUT2D eigenvalue weighted by Gasteiger charge is 2.33. The Balaban J connectivity index is 1.95. The molecule has 3 rings (SSSR count). The molecule has 1 fully saturated rings. The van der Waals surface area contributed by atoms with E-state index in [0.29, 0.717) is 12.6 Å². The second kappa shape index (κ2) is 6.09. The summed E-state index contributed by atoms with van der Waals surface area (Å²) in [5, 5.41) is 18.5. The number of anilines is 1. The molecule has 2 atom stereocenters. The van der Waals surface area contributed by atoms with Crippen molar-refractivity contribution in [3.8, 4) is 0 Å². The van der Waals surface area contributed by atoms with Crippen molar-refractivity contribution in [2.75, 3.05) is 18.4 Å². The number of nitrogens with zero attached hydrogens (tertiary/aromatic N) is 4. The molecule has 0 aliphatic carbocycles. The molecule has 6 heteroatoms. The normalized spacial score (nSPS) is 22.4. The van der Waals surface area contributed by atoms with Crippen molar-refractivity contribution in [2.24, 2.45) is 0 Å². The van der Waals surface area contributed by atoms with Crippen LogP contribution in [0.3, 0.4) is 0 Å². The van der Waals surface area contributed by atoms with E-state index < -0.39 is 0 Å². The fourth-order valence-corrected chi connectivity index (χ4v) is 3.13. The van der Waals surface area contributed by atoms with Gasteiger partial charge in [-0.15, -0.1) is 0 Å². The Morgan fingerprint density at radius 2 is 2.09 bits per heavy atom. The molecule has 2 aromatic rings. The molecule has 126 valence electrons. The fourth-order valence-electron chi connectivity index (χ4n) is 3.13. The lowest BCUT2D eigenvalue weighted by Crippen LogP contribution is -2.33. The number of nitrogens with one attached hydrogen (secondary N) is 1. The summed E-state index contributed by atoms with van der Waals surface area (Å²) < 4.78 is 1.87. The van der Waals surface area contributed by atoms with Crippen LogP contribution in [0.25, 0.3) is 5.65 Å². The van der Waals surface area contributed by atoms with Gasteiger partial charge >= 0.3 is 0 Å². The van der Waals surface area contributed by atoms with Crippen LogP contribution in [-0.4, -0.2) is 55.9 Å². The highest BCUT2D eigenvalue weighted by Crippen LogP contribution is 2.22. The molecule has 0 bridgehead atoms. The first-order valence-corrected chi connectivity index (χ1v) is 8.45. The van der Waals surface area contributed by atoms with E-state index in [1.807, 2.05) is 17.5 Å². The van der Waals surface area contributed by atoms with Gasteiger partial charge in [0.15, 0.2) is 5.65 Å². The van der Waals surface area contributed by atoms with E-state index in [-0.39, 0.29) is 12.1 Å². The summed E-state index contributed by atoms with van der Waals surface area (Å²) in [6.07, 6.45) is 0.503. The number of aryl methyl sites for hydroxylation is 3. The number of aliphatic hydroxyl groups is 1. The number of hydrogen-bond donors (Lipinski definition) is 2. The monoisotopic (exact) mass is 317 g/mol. The van der Waals surface area contributed by atoms with Gasteiger partial charge in [0.25, 0.3) is 0 Å². The number of aromatic nitrogens is 3. The molecule has 0 saturated carbocycles. The van der Waals surface area contributed by atoms with Gasteiger partial charge in [-0.25, -0.2) is 4.98 Å². The molecule has 2 aromatic heterocycles. The number of rotatable bonds is 4. The zero-order chi connectivity index (χ0) is 16.7. The Hall–Kier alpha value is -1.66. The molecule has 3 heterocycles. The molecular weight excluding hydrogens is 290 g/mol. The maximum Gasteiger partial charge on any atom is 0.160 e. The Labute approximate surface area is 137 Å². The standard InChI is InChI=1S/C17H27N5O/c1-6-13-7-16(22-17(18-13)11(4)12(5)20-22)19-14-8-21(10(2)3)9-15(14)23/h7,10,14-15,19,23H,6,8-9H2,1-5H3/t14-,15-/m1/s1.